The van der Waals surface area contributed by atoms with E-state index in [1.807, 2.05) is 20.8 Å². The van der Waals surface area contributed by atoms with Crippen LogP contribution in [0.15, 0.2) is 24.5 Å². The van der Waals surface area contributed by atoms with Crippen molar-refractivity contribution in [1.82, 2.24) is 14.9 Å². The van der Waals surface area contributed by atoms with Crippen LogP contribution in [0.3, 0.4) is 0 Å². The van der Waals surface area contributed by atoms with Gasteiger partial charge in [0.2, 0.25) is 5.75 Å². The van der Waals surface area contributed by atoms with Gasteiger partial charge in [0.1, 0.15) is 11.9 Å². The van der Waals surface area contributed by atoms with Crippen LogP contribution in [0.4, 0.5) is 22.1 Å². The monoisotopic (exact) mass is 475 g/mol. The molecule has 5 N–H and O–H groups in total. The molecule has 0 radical (unpaired) electrons. The lowest BCUT2D eigenvalue weighted by Gasteiger charge is -2.32. The molecule has 2 aromatic rings. The molecule has 11 heteroatoms. The largest absolute Gasteiger partial charge is 0.502 e. The van der Waals surface area contributed by atoms with Crippen LogP contribution in [0.5, 0.6) is 11.5 Å². The number of nitrogens with one attached hydrogen (secondary N) is 2. The molecule has 0 spiro atoms. The van der Waals surface area contributed by atoms with Gasteiger partial charge >= 0.3 is 6.09 Å². The fourth-order valence-corrected chi connectivity index (χ4v) is 3.43. The molecule has 1 saturated heterocycles. The Morgan fingerprint density at radius 2 is 2.03 bits per heavy atom. The van der Waals surface area contributed by atoms with Gasteiger partial charge in [-0.3, -0.25) is 0 Å². The average Bonchev–Trinajstić information content (AvgIpc) is 2.81. The lowest BCUT2D eigenvalue weighted by molar-refractivity contribution is 0.0511. The van der Waals surface area contributed by atoms with Crippen molar-refractivity contribution in [2.24, 2.45) is 0 Å². The minimum absolute atomic E-state index is 0.114. The van der Waals surface area contributed by atoms with Crippen molar-refractivity contribution in [3.8, 4) is 11.5 Å². The zero-order valence-electron chi connectivity index (χ0n) is 19.7. The highest BCUT2D eigenvalue weighted by Gasteiger charge is 2.26. The summed E-state index contributed by atoms with van der Waals surface area (Å²) in [4.78, 5) is 22.2. The van der Waals surface area contributed by atoms with E-state index in [4.69, 9.17) is 14.6 Å². The van der Waals surface area contributed by atoms with Crippen molar-refractivity contribution in [2.45, 2.75) is 51.9 Å². The Morgan fingerprint density at radius 1 is 1.29 bits per heavy atom. The second kappa shape index (κ2) is 11.7. The number of aromatic nitrogens is 2. The first-order valence-electron chi connectivity index (χ1n) is 11.3. The molecule has 11 nitrogen and oxygen atoms in total. The maximum absolute atomic E-state index is 12.1. The first-order valence-corrected chi connectivity index (χ1v) is 11.3. The first-order chi connectivity index (χ1) is 16.3. The minimum atomic E-state index is -0.870. The van der Waals surface area contributed by atoms with Crippen LogP contribution in [0.25, 0.3) is 0 Å². The fraction of sp³-hybridized carbons (Fsp3) is 0.522. The zero-order valence-corrected chi connectivity index (χ0v) is 19.7. The standard InChI is InChI=1S/C23H33N5O6/c1-14(2)33-23(32)28-8-5-17(6-9-28)34-19-4-7-24-22(21(19)31)27-18-12-26-20(10-15(18)3)25-11-16(30)13-29/h4,7,10,12,14,16-17,29-31H,5-6,8-9,11,13H2,1-3H3,(H,24,27)(H,25,26)/t16-/m0/s1. The van der Waals surface area contributed by atoms with Crippen LogP contribution in [0.2, 0.25) is 0 Å². The quantitative estimate of drug-likeness (QED) is 0.366. The van der Waals surface area contributed by atoms with Crippen molar-refractivity contribution >= 4 is 23.4 Å². The molecule has 1 aliphatic heterocycles. The number of hydrogen-bond acceptors (Lipinski definition) is 10. The van der Waals surface area contributed by atoms with Gasteiger partial charge in [-0.15, -0.1) is 0 Å². The molecule has 186 valence electrons. The Morgan fingerprint density at radius 3 is 2.68 bits per heavy atom. The number of anilines is 3. The van der Waals surface area contributed by atoms with Crippen LogP contribution in [-0.2, 0) is 4.74 Å². The molecule has 3 rings (SSSR count). The van der Waals surface area contributed by atoms with Gasteiger partial charge in [-0.25, -0.2) is 14.8 Å². The molecule has 1 atom stereocenters. The van der Waals surface area contributed by atoms with Crippen LogP contribution in [0, 0.1) is 6.92 Å². The van der Waals surface area contributed by atoms with E-state index in [2.05, 4.69) is 20.6 Å². The van der Waals surface area contributed by atoms with Crippen molar-refractivity contribution < 1.29 is 29.6 Å². The van der Waals surface area contributed by atoms with E-state index in [9.17, 15) is 15.0 Å². The molecule has 0 unspecified atom stereocenters. The minimum Gasteiger partial charge on any atom is -0.502 e. The van der Waals surface area contributed by atoms with Gasteiger partial charge in [-0.05, 0) is 32.4 Å². The van der Waals surface area contributed by atoms with Gasteiger partial charge in [-0.2, -0.15) is 0 Å². The summed E-state index contributed by atoms with van der Waals surface area (Å²) in [5, 5.41) is 35.1. The van der Waals surface area contributed by atoms with Crippen molar-refractivity contribution in [2.75, 3.05) is 36.9 Å². The van der Waals surface area contributed by atoms with E-state index < -0.39 is 6.10 Å². The van der Waals surface area contributed by atoms with Gasteiger partial charge in [0, 0.05) is 44.7 Å². The number of piperidine rings is 1. The number of aryl methyl sites for hydroxylation is 1. The summed E-state index contributed by atoms with van der Waals surface area (Å²) in [6, 6.07) is 3.38. The highest BCUT2D eigenvalue weighted by molar-refractivity contribution is 5.68. The second-order valence-corrected chi connectivity index (χ2v) is 8.47. The number of hydrogen-bond donors (Lipinski definition) is 5. The first kappa shape index (κ1) is 25.3. The number of rotatable bonds is 9. The normalized spacial score (nSPS) is 15.2. The van der Waals surface area contributed by atoms with Crippen molar-refractivity contribution in [3.05, 3.63) is 30.1 Å². The predicted octanol–water partition coefficient (Wildman–Crippen LogP) is 2.39. The molecular weight excluding hydrogens is 442 g/mol. The summed E-state index contributed by atoms with van der Waals surface area (Å²) in [5.74, 6) is 0.976. The molecule has 0 aromatic carbocycles. The van der Waals surface area contributed by atoms with E-state index >= 15 is 0 Å². The van der Waals surface area contributed by atoms with Gasteiger partial charge in [0.15, 0.2) is 11.6 Å². The van der Waals surface area contributed by atoms with Crippen LogP contribution >= 0.6 is 0 Å². The van der Waals surface area contributed by atoms with Gasteiger partial charge in [0.25, 0.3) is 0 Å². The summed E-state index contributed by atoms with van der Waals surface area (Å²) in [6.07, 6.45) is 2.89. The highest BCUT2D eigenvalue weighted by Crippen LogP contribution is 2.36. The Hall–Kier alpha value is -3.31. The number of likely N-dealkylation sites (tertiary alicyclic amines) is 1. The number of aliphatic hydroxyl groups is 2. The molecule has 3 heterocycles. The molecule has 1 fully saturated rings. The maximum atomic E-state index is 12.1. The Bertz CT molecular complexity index is 965. The second-order valence-electron chi connectivity index (χ2n) is 8.47. The van der Waals surface area contributed by atoms with E-state index in [1.165, 1.54) is 0 Å². The van der Waals surface area contributed by atoms with Crippen molar-refractivity contribution in [3.63, 3.8) is 0 Å². The van der Waals surface area contributed by atoms with E-state index in [0.29, 0.717) is 43.2 Å². The number of nitrogens with zero attached hydrogens (tertiary/aromatic N) is 3. The molecule has 34 heavy (non-hydrogen) atoms. The van der Waals surface area contributed by atoms with Gasteiger partial charge < -0.3 is 40.3 Å². The summed E-state index contributed by atoms with van der Waals surface area (Å²) in [6.45, 7) is 6.39. The summed E-state index contributed by atoms with van der Waals surface area (Å²) < 4.78 is 11.2. The number of pyridine rings is 2. The smallest absolute Gasteiger partial charge is 0.410 e. The van der Waals surface area contributed by atoms with Gasteiger partial charge in [-0.1, -0.05) is 0 Å². The zero-order chi connectivity index (χ0) is 24.7. The summed E-state index contributed by atoms with van der Waals surface area (Å²) >= 11 is 0. The Labute approximate surface area is 198 Å². The van der Waals surface area contributed by atoms with Crippen LogP contribution in [-0.4, -0.2) is 80.8 Å². The number of carbonyl (C=O) groups excluding carboxylic acids is 1. The number of carbonyl (C=O) groups is 1. The SMILES string of the molecule is Cc1cc(NC[C@H](O)CO)ncc1Nc1nccc(OC2CCN(C(=O)OC(C)C)CC2)c1O. The van der Waals surface area contributed by atoms with E-state index in [1.54, 1.807) is 29.4 Å². The Balaban J connectivity index is 1.60. The Kier molecular flexibility index (Phi) is 8.72. The van der Waals surface area contributed by atoms with Gasteiger partial charge in [0.05, 0.1) is 30.7 Å². The van der Waals surface area contributed by atoms with E-state index in [0.717, 1.165) is 5.56 Å². The molecule has 0 saturated carbocycles. The molecular formula is C23H33N5O6. The lowest BCUT2D eigenvalue weighted by Crippen LogP contribution is -2.42. The van der Waals surface area contributed by atoms with E-state index in [-0.39, 0.29) is 43.0 Å². The third-order valence-corrected chi connectivity index (χ3v) is 5.31. The fourth-order valence-electron chi connectivity index (χ4n) is 3.43. The highest BCUT2D eigenvalue weighted by atomic mass is 16.6. The third kappa shape index (κ3) is 6.84. The summed E-state index contributed by atoms with van der Waals surface area (Å²) in [5.41, 5.74) is 1.48. The number of amides is 1. The molecule has 0 aliphatic carbocycles. The lowest BCUT2D eigenvalue weighted by atomic mass is 10.1. The molecule has 0 bridgehead atoms. The molecule has 1 amide bonds. The predicted molar refractivity (Wildman–Crippen MR) is 127 cm³/mol. The maximum Gasteiger partial charge on any atom is 0.410 e. The average molecular weight is 476 g/mol. The number of aromatic hydroxyl groups is 1. The molecule has 1 aliphatic rings. The van der Waals surface area contributed by atoms with Crippen molar-refractivity contribution in [1.29, 1.82) is 0 Å². The number of ether oxygens (including phenoxy) is 2. The van der Waals surface area contributed by atoms with Crippen LogP contribution < -0.4 is 15.4 Å². The number of aliphatic hydroxyl groups excluding tert-OH is 2. The third-order valence-electron chi connectivity index (χ3n) is 5.31. The summed E-state index contributed by atoms with van der Waals surface area (Å²) in [7, 11) is 0. The molecule has 2 aromatic heterocycles. The van der Waals surface area contributed by atoms with Crippen LogP contribution in [0.1, 0.15) is 32.3 Å². The topological polar surface area (TPSA) is 149 Å².